The molecule has 1 amide bonds. The highest BCUT2D eigenvalue weighted by Crippen LogP contribution is 2.31. The molecule has 1 heterocycles. The molecule has 5 heteroatoms. The van der Waals surface area contributed by atoms with E-state index in [9.17, 15) is 9.18 Å². The Bertz CT molecular complexity index is 761. The molecule has 2 aromatic carbocycles. The Balaban J connectivity index is 0.00000169. The van der Waals surface area contributed by atoms with Gasteiger partial charge in [0.05, 0.1) is 0 Å². The topological polar surface area (TPSA) is 32.3 Å². The van der Waals surface area contributed by atoms with E-state index in [2.05, 4.69) is 5.32 Å². The maximum absolute atomic E-state index is 13.9. The summed E-state index contributed by atoms with van der Waals surface area (Å²) in [6.45, 7) is 2.02. The standard InChI is InChI=1S/C19H19FN2O.ClH/c20-18-4-2-1-3-15(18)12-22(17-7-8-17)19(23)13-5-6-14-10-21-11-16(14)9-13;/h1-6,9,17,21H,7-8,10-12H2;1H. The lowest BCUT2D eigenvalue weighted by Gasteiger charge is -2.23. The van der Waals surface area contributed by atoms with Crippen LogP contribution in [0.3, 0.4) is 0 Å². The lowest BCUT2D eigenvalue weighted by atomic mass is 10.1. The number of amides is 1. The summed E-state index contributed by atoms with van der Waals surface area (Å²) in [6.07, 6.45) is 2.01. The van der Waals surface area contributed by atoms with Crippen molar-refractivity contribution in [3.8, 4) is 0 Å². The Kier molecular flexibility index (Phi) is 4.88. The number of nitrogens with one attached hydrogen (secondary N) is 1. The van der Waals surface area contributed by atoms with E-state index in [4.69, 9.17) is 0 Å². The second-order valence-electron chi connectivity index (χ2n) is 6.34. The van der Waals surface area contributed by atoms with Crippen LogP contribution in [0.1, 0.15) is 39.9 Å². The van der Waals surface area contributed by atoms with Crippen molar-refractivity contribution in [3.63, 3.8) is 0 Å². The van der Waals surface area contributed by atoms with Crippen LogP contribution in [-0.2, 0) is 19.6 Å². The molecule has 1 fully saturated rings. The Morgan fingerprint density at radius 3 is 2.62 bits per heavy atom. The van der Waals surface area contributed by atoms with E-state index in [-0.39, 0.29) is 30.2 Å². The van der Waals surface area contributed by atoms with Crippen molar-refractivity contribution in [1.29, 1.82) is 0 Å². The summed E-state index contributed by atoms with van der Waals surface area (Å²) in [6, 6.07) is 12.8. The Morgan fingerprint density at radius 1 is 1.12 bits per heavy atom. The normalized spacial score (nSPS) is 15.5. The summed E-state index contributed by atoms with van der Waals surface area (Å²) in [4.78, 5) is 14.7. The van der Waals surface area contributed by atoms with Crippen molar-refractivity contribution < 1.29 is 9.18 Å². The molecule has 2 aliphatic rings. The van der Waals surface area contributed by atoms with Gasteiger partial charge in [-0.25, -0.2) is 4.39 Å². The quantitative estimate of drug-likeness (QED) is 0.916. The van der Waals surface area contributed by atoms with E-state index in [1.807, 2.05) is 29.2 Å². The SMILES string of the molecule is Cl.O=C(c1ccc2c(c1)CNC2)N(Cc1ccccc1F)C1CC1. The minimum absolute atomic E-state index is 0. The Morgan fingerprint density at radius 2 is 1.88 bits per heavy atom. The molecule has 2 aromatic rings. The van der Waals surface area contributed by atoms with Gasteiger partial charge in [0.1, 0.15) is 5.82 Å². The van der Waals surface area contributed by atoms with Gasteiger partial charge in [-0.2, -0.15) is 0 Å². The summed E-state index contributed by atoms with van der Waals surface area (Å²) in [7, 11) is 0. The molecule has 0 aromatic heterocycles. The molecule has 0 unspecified atom stereocenters. The van der Waals surface area contributed by atoms with Crippen LogP contribution in [0.25, 0.3) is 0 Å². The van der Waals surface area contributed by atoms with Gasteiger partial charge in [0.2, 0.25) is 0 Å². The fraction of sp³-hybridized carbons (Fsp3) is 0.316. The van der Waals surface area contributed by atoms with Gasteiger partial charge in [0.25, 0.3) is 5.91 Å². The monoisotopic (exact) mass is 346 g/mol. The third kappa shape index (κ3) is 3.30. The molecule has 1 aliphatic carbocycles. The van der Waals surface area contributed by atoms with Crippen molar-refractivity contribution in [2.45, 2.75) is 38.5 Å². The number of carbonyl (C=O) groups excluding carboxylic acids is 1. The second-order valence-corrected chi connectivity index (χ2v) is 6.34. The smallest absolute Gasteiger partial charge is 0.254 e. The van der Waals surface area contributed by atoms with Crippen molar-refractivity contribution in [2.24, 2.45) is 0 Å². The van der Waals surface area contributed by atoms with Gasteiger partial charge >= 0.3 is 0 Å². The van der Waals surface area contributed by atoms with Crippen LogP contribution in [0.2, 0.25) is 0 Å². The lowest BCUT2D eigenvalue weighted by Crippen LogP contribution is -2.33. The van der Waals surface area contributed by atoms with Crippen LogP contribution in [0.5, 0.6) is 0 Å². The molecule has 0 saturated heterocycles. The number of nitrogens with zero attached hydrogens (tertiary/aromatic N) is 1. The predicted octanol–water partition coefficient (Wildman–Crippen LogP) is 3.66. The fourth-order valence-corrected chi connectivity index (χ4v) is 3.16. The first-order valence-electron chi connectivity index (χ1n) is 8.09. The van der Waals surface area contributed by atoms with Crippen molar-refractivity contribution in [2.75, 3.05) is 0 Å². The minimum atomic E-state index is -0.246. The first-order valence-corrected chi connectivity index (χ1v) is 8.09. The molecule has 24 heavy (non-hydrogen) atoms. The van der Waals surface area contributed by atoms with E-state index in [0.717, 1.165) is 25.9 Å². The van der Waals surface area contributed by atoms with Crippen LogP contribution in [0, 0.1) is 5.82 Å². The molecule has 4 rings (SSSR count). The zero-order valence-corrected chi connectivity index (χ0v) is 14.1. The van der Waals surface area contributed by atoms with Gasteiger partial charge in [-0.15, -0.1) is 12.4 Å². The number of benzene rings is 2. The van der Waals surface area contributed by atoms with E-state index in [1.54, 1.807) is 12.1 Å². The molecule has 0 radical (unpaired) electrons. The predicted molar refractivity (Wildman–Crippen MR) is 93.5 cm³/mol. The summed E-state index contributed by atoms with van der Waals surface area (Å²) in [5.41, 5.74) is 3.73. The van der Waals surface area contributed by atoms with Crippen LogP contribution in [-0.4, -0.2) is 16.8 Å². The first kappa shape index (κ1) is 16.9. The average Bonchev–Trinajstić information content (AvgIpc) is 3.30. The number of carbonyl (C=O) groups is 1. The molecule has 3 nitrogen and oxygen atoms in total. The highest BCUT2D eigenvalue weighted by atomic mass is 35.5. The third-order valence-corrected chi connectivity index (χ3v) is 4.63. The van der Waals surface area contributed by atoms with Crippen LogP contribution < -0.4 is 5.32 Å². The van der Waals surface area contributed by atoms with Crippen molar-refractivity contribution in [3.05, 3.63) is 70.5 Å². The van der Waals surface area contributed by atoms with Crippen molar-refractivity contribution >= 4 is 18.3 Å². The number of hydrogen-bond donors (Lipinski definition) is 1. The zero-order chi connectivity index (χ0) is 15.8. The number of rotatable bonds is 4. The van der Waals surface area contributed by atoms with Gasteiger partial charge in [0, 0.05) is 36.8 Å². The van der Waals surface area contributed by atoms with E-state index >= 15 is 0 Å². The minimum Gasteiger partial charge on any atom is -0.331 e. The van der Waals surface area contributed by atoms with E-state index in [1.165, 1.54) is 17.2 Å². The molecule has 1 aliphatic heterocycles. The highest BCUT2D eigenvalue weighted by Gasteiger charge is 2.33. The fourth-order valence-electron chi connectivity index (χ4n) is 3.16. The molecule has 126 valence electrons. The number of fused-ring (bicyclic) bond motifs is 1. The van der Waals surface area contributed by atoms with Gasteiger partial charge in [-0.1, -0.05) is 24.3 Å². The van der Waals surface area contributed by atoms with E-state index < -0.39 is 0 Å². The third-order valence-electron chi connectivity index (χ3n) is 4.63. The van der Waals surface area contributed by atoms with Crippen LogP contribution >= 0.6 is 12.4 Å². The Labute approximate surface area is 147 Å². The number of halogens is 2. The molecule has 1 N–H and O–H groups in total. The molecular weight excluding hydrogens is 327 g/mol. The number of hydrogen-bond acceptors (Lipinski definition) is 2. The molecule has 0 spiro atoms. The van der Waals surface area contributed by atoms with Gasteiger partial charge in [0.15, 0.2) is 0 Å². The summed E-state index contributed by atoms with van der Waals surface area (Å²) in [5.74, 6) is -0.241. The molecule has 0 atom stereocenters. The molecular formula is C19H20ClFN2O. The average molecular weight is 347 g/mol. The largest absolute Gasteiger partial charge is 0.331 e. The maximum Gasteiger partial charge on any atom is 0.254 e. The second kappa shape index (κ2) is 6.91. The first-order chi connectivity index (χ1) is 11.2. The lowest BCUT2D eigenvalue weighted by molar-refractivity contribution is 0.0728. The van der Waals surface area contributed by atoms with Gasteiger partial charge in [-0.3, -0.25) is 4.79 Å². The van der Waals surface area contributed by atoms with Crippen LogP contribution in [0.15, 0.2) is 42.5 Å². The molecule has 1 saturated carbocycles. The van der Waals surface area contributed by atoms with Crippen molar-refractivity contribution in [1.82, 2.24) is 10.2 Å². The Hall–Kier alpha value is -1.91. The van der Waals surface area contributed by atoms with Gasteiger partial charge < -0.3 is 10.2 Å². The van der Waals surface area contributed by atoms with Crippen LogP contribution in [0.4, 0.5) is 4.39 Å². The summed E-state index contributed by atoms with van der Waals surface area (Å²) in [5, 5.41) is 3.29. The summed E-state index contributed by atoms with van der Waals surface area (Å²) < 4.78 is 13.9. The van der Waals surface area contributed by atoms with Gasteiger partial charge in [-0.05, 0) is 42.2 Å². The van der Waals surface area contributed by atoms with E-state index in [0.29, 0.717) is 17.7 Å². The zero-order valence-electron chi connectivity index (χ0n) is 13.3. The highest BCUT2D eigenvalue weighted by molar-refractivity contribution is 5.95. The summed E-state index contributed by atoms with van der Waals surface area (Å²) >= 11 is 0. The maximum atomic E-state index is 13.9. The molecule has 0 bridgehead atoms.